The third-order valence-electron chi connectivity index (χ3n) is 5.50. The van der Waals surface area contributed by atoms with E-state index in [1.165, 1.54) is 19.3 Å². The van der Waals surface area contributed by atoms with Crippen LogP contribution in [0.5, 0.6) is 0 Å². The van der Waals surface area contributed by atoms with Gasteiger partial charge in [-0.25, -0.2) is 4.98 Å². The van der Waals surface area contributed by atoms with E-state index in [-0.39, 0.29) is 10.6 Å². The van der Waals surface area contributed by atoms with Gasteiger partial charge in [0, 0.05) is 13.1 Å². The average Bonchev–Trinajstić information content (AvgIpc) is 2.83. The largest absolute Gasteiger partial charge is 0.361 e. The molecule has 1 aromatic rings. The Morgan fingerprint density at radius 1 is 1.24 bits per heavy atom. The molecule has 2 bridgehead atoms. The monoisotopic (exact) mass is 289 g/mol. The quantitative estimate of drug-likeness (QED) is 0.652. The van der Waals surface area contributed by atoms with Gasteiger partial charge in [0.25, 0.3) is 0 Å². The minimum Gasteiger partial charge on any atom is -0.361 e. The average molecular weight is 289 g/mol. The van der Waals surface area contributed by atoms with Crippen molar-refractivity contribution in [2.24, 2.45) is 23.7 Å². The first-order valence-corrected chi connectivity index (χ1v) is 7.57. The molecule has 3 aliphatic carbocycles. The molecule has 3 fully saturated rings. The molecule has 2 N–H and O–H groups in total. The van der Waals surface area contributed by atoms with Crippen LogP contribution in [0.15, 0.2) is 0 Å². The van der Waals surface area contributed by atoms with Gasteiger partial charge in [0.05, 0.1) is 4.92 Å². The maximum Gasteiger partial charge on any atom is 0.332 e. The Labute approximate surface area is 122 Å². The second kappa shape index (κ2) is 4.29. The third-order valence-corrected chi connectivity index (χ3v) is 5.50. The first-order valence-electron chi connectivity index (χ1n) is 7.57. The van der Waals surface area contributed by atoms with Gasteiger partial charge in [0.15, 0.2) is 0 Å². The molecule has 4 unspecified atom stereocenters. The second-order valence-electron chi connectivity index (χ2n) is 6.49. The van der Waals surface area contributed by atoms with Crippen molar-refractivity contribution in [3.63, 3.8) is 0 Å². The lowest BCUT2D eigenvalue weighted by molar-refractivity contribution is -0.385. The van der Waals surface area contributed by atoms with Crippen LogP contribution >= 0.6 is 0 Å². The van der Waals surface area contributed by atoms with Crippen molar-refractivity contribution in [2.45, 2.75) is 32.2 Å². The van der Waals surface area contributed by atoms with Gasteiger partial charge in [-0.15, -0.1) is 0 Å². The molecule has 1 heterocycles. The summed E-state index contributed by atoms with van der Waals surface area (Å²) >= 11 is 0. The van der Waals surface area contributed by atoms with Crippen molar-refractivity contribution in [1.29, 1.82) is 0 Å². The van der Waals surface area contributed by atoms with Crippen molar-refractivity contribution in [1.82, 2.24) is 9.97 Å². The molecule has 1 aromatic heterocycles. The van der Waals surface area contributed by atoms with Gasteiger partial charge in [-0.2, -0.15) is 4.98 Å². The molecule has 7 heteroatoms. The molecule has 21 heavy (non-hydrogen) atoms. The number of fused-ring (bicyclic) bond motifs is 5. The first kappa shape index (κ1) is 12.8. The fourth-order valence-electron chi connectivity index (χ4n) is 4.67. The fourth-order valence-corrected chi connectivity index (χ4v) is 4.67. The number of hydrogen-bond acceptors (Lipinski definition) is 6. The number of nitro groups is 1. The van der Waals surface area contributed by atoms with Gasteiger partial charge in [-0.05, 0) is 49.9 Å². The predicted octanol–water partition coefficient (Wildman–Crippen LogP) is 2.19. The van der Waals surface area contributed by atoms with E-state index in [0.717, 1.165) is 11.8 Å². The van der Waals surface area contributed by atoms with Crippen LogP contribution in [0.2, 0.25) is 0 Å². The van der Waals surface area contributed by atoms with E-state index in [9.17, 15) is 10.1 Å². The Bertz CT molecular complexity index is 604. The zero-order chi connectivity index (χ0) is 14.7. The SMILES string of the molecule is CNc1nc(C)c([N+](=O)[O-])c(NC2C3C4CCC(C4)C23)n1. The maximum atomic E-state index is 11.3. The topological polar surface area (TPSA) is 93.0 Å². The fraction of sp³-hybridized carbons (Fsp3) is 0.714. The summed E-state index contributed by atoms with van der Waals surface area (Å²) in [6.07, 6.45) is 4.02. The first-order chi connectivity index (χ1) is 10.1. The Morgan fingerprint density at radius 3 is 2.48 bits per heavy atom. The van der Waals surface area contributed by atoms with Crippen LogP contribution in [0, 0.1) is 40.7 Å². The van der Waals surface area contributed by atoms with Gasteiger partial charge in [-0.1, -0.05) is 0 Å². The highest BCUT2D eigenvalue weighted by Crippen LogP contribution is 2.66. The highest BCUT2D eigenvalue weighted by Gasteiger charge is 2.65. The van der Waals surface area contributed by atoms with Crippen molar-refractivity contribution < 1.29 is 4.92 Å². The lowest BCUT2D eigenvalue weighted by Gasteiger charge is -2.12. The van der Waals surface area contributed by atoms with Crippen LogP contribution in [0.25, 0.3) is 0 Å². The lowest BCUT2D eigenvalue weighted by Crippen LogP contribution is -2.16. The van der Waals surface area contributed by atoms with Crippen LogP contribution in [-0.4, -0.2) is 28.0 Å². The number of nitrogens with one attached hydrogen (secondary N) is 2. The summed E-state index contributed by atoms with van der Waals surface area (Å²) in [5.41, 5.74) is 0.405. The molecule has 0 aliphatic heterocycles. The van der Waals surface area contributed by atoms with Crippen LogP contribution in [-0.2, 0) is 0 Å². The molecule has 4 rings (SSSR count). The van der Waals surface area contributed by atoms with Crippen molar-refractivity contribution in [3.8, 4) is 0 Å². The van der Waals surface area contributed by atoms with E-state index in [1.807, 2.05) is 0 Å². The van der Waals surface area contributed by atoms with Crippen LogP contribution in [0.4, 0.5) is 17.5 Å². The van der Waals surface area contributed by atoms with Gasteiger partial charge >= 0.3 is 5.69 Å². The summed E-state index contributed by atoms with van der Waals surface area (Å²) in [4.78, 5) is 19.3. The van der Waals surface area contributed by atoms with E-state index in [1.54, 1.807) is 14.0 Å². The maximum absolute atomic E-state index is 11.3. The van der Waals surface area contributed by atoms with Crippen molar-refractivity contribution in [2.75, 3.05) is 17.7 Å². The second-order valence-corrected chi connectivity index (χ2v) is 6.49. The summed E-state index contributed by atoms with van der Waals surface area (Å²) in [5, 5.41) is 17.5. The number of nitrogens with zero attached hydrogens (tertiary/aromatic N) is 3. The van der Waals surface area contributed by atoms with Gasteiger partial charge < -0.3 is 10.6 Å². The molecule has 0 aromatic carbocycles. The molecular weight excluding hydrogens is 270 g/mol. The zero-order valence-corrected chi connectivity index (χ0v) is 12.2. The smallest absolute Gasteiger partial charge is 0.332 e. The molecule has 3 aliphatic rings. The van der Waals surface area contributed by atoms with E-state index >= 15 is 0 Å². The predicted molar refractivity (Wildman–Crippen MR) is 78.2 cm³/mol. The summed E-state index contributed by atoms with van der Waals surface area (Å²) in [7, 11) is 1.72. The summed E-state index contributed by atoms with van der Waals surface area (Å²) in [6, 6.07) is 0.369. The number of aromatic nitrogens is 2. The molecule has 3 saturated carbocycles. The molecule has 0 amide bonds. The Morgan fingerprint density at radius 2 is 1.90 bits per heavy atom. The Balaban J connectivity index is 1.63. The molecule has 4 atom stereocenters. The normalized spacial score (nSPS) is 35.4. The van der Waals surface area contributed by atoms with Crippen LogP contribution in [0.3, 0.4) is 0 Å². The van der Waals surface area contributed by atoms with Gasteiger partial charge in [-0.3, -0.25) is 10.1 Å². The Hall–Kier alpha value is -1.92. The minimum absolute atomic E-state index is 0.00585. The standard InChI is InChI=1S/C14H19N5O2/c1-6-12(19(20)21)13(18-14(15-2)16-6)17-11-9-7-3-4-8(5-7)10(9)11/h7-11H,3-5H2,1-2H3,(H2,15,16,17,18). The number of anilines is 2. The van der Waals surface area contributed by atoms with Crippen LogP contribution in [0.1, 0.15) is 25.0 Å². The molecule has 0 saturated heterocycles. The number of rotatable bonds is 4. The molecule has 112 valence electrons. The number of aryl methyl sites for hydroxylation is 1. The van der Waals surface area contributed by atoms with Crippen LogP contribution < -0.4 is 10.6 Å². The lowest BCUT2D eigenvalue weighted by atomic mass is 10.0. The Kier molecular flexibility index (Phi) is 2.61. The van der Waals surface area contributed by atoms with E-state index in [4.69, 9.17) is 0 Å². The van der Waals surface area contributed by atoms with E-state index in [2.05, 4.69) is 20.6 Å². The molecule has 0 spiro atoms. The zero-order valence-electron chi connectivity index (χ0n) is 12.2. The minimum atomic E-state index is -0.385. The van der Waals surface area contributed by atoms with Crippen molar-refractivity contribution >= 4 is 17.5 Å². The van der Waals surface area contributed by atoms with E-state index in [0.29, 0.717) is 35.3 Å². The summed E-state index contributed by atoms with van der Waals surface area (Å²) in [5.74, 6) is 3.85. The highest BCUT2D eigenvalue weighted by atomic mass is 16.6. The van der Waals surface area contributed by atoms with Gasteiger partial charge in [0.2, 0.25) is 11.8 Å². The number of hydrogen-bond donors (Lipinski definition) is 2. The van der Waals surface area contributed by atoms with Crippen molar-refractivity contribution in [3.05, 3.63) is 15.8 Å². The molecule has 7 nitrogen and oxygen atoms in total. The molecule has 0 radical (unpaired) electrons. The third kappa shape index (κ3) is 1.79. The molecular formula is C14H19N5O2. The summed E-state index contributed by atoms with van der Waals surface area (Å²) < 4.78 is 0. The van der Waals surface area contributed by atoms with Gasteiger partial charge in [0.1, 0.15) is 5.69 Å². The highest BCUT2D eigenvalue weighted by molar-refractivity contribution is 5.62. The summed E-state index contributed by atoms with van der Waals surface area (Å²) in [6.45, 7) is 1.66. The van der Waals surface area contributed by atoms with E-state index < -0.39 is 0 Å².